The minimum Gasteiger partial charge on any atom is -0.348 e. The molecule has 0 fully saturated rings. The van der Waals surface area contributed by atoms with Crippen LogP contribution in [-0.2, 0) is 6.54 Å². The fourth-order valence-electron chi connectivity index (χ4n) is 3.14. The first-order valence-electron chi connectivity index (χ1n) is 9.19. The molecule has 0 unspecified atom stereocenters. The first-order valence-corrected chi connectivity index (χ1v) is 10.0. The normalized spacial score (nSPS) is 11.2. The van der Waals surface area contributed by atoms with Crippen molar-refractivity contribution in [1.82, 2.24) is 24.7 Å². The van der Waals surface area contributed by atoms with Crippen molar-refractivity contribution in [2.75, 3.05) is 0 Å². The molecule has 3 heterocycles. The van der Waals surface area contributed by atoms with Crippen molar-refractivity contribution in [2.24, 2.45) is 0 Å². The molecule has 0 aliphatic rings. The number of nitrogens with zero attached hydrogens (tertiary/aromatic N) is 4. The highest BCUT2D eigenvalue weighted by molar-refractivity contribution is 7.21. The van der Waals surface area contributed by atoms with Crippen molar-refractivity contribution in [1.29, 1.82) is 0 Å². The first kappa shape index (κ1) is 17.5. The Morgan fingerprint density at radius 1 is 1.14 bits per heavy atom. The summed E-state index contributed by atoms with van der Waals surface area (Å²) in [5.41, 5.74) is 4.84. The molecule has 2 aromatic carbocycles. The molecule has 1 amide bonds. The average molecular weight is 399 g/mol. The summed E-state index contributed by atoms with van der Waals surface area (Å²) >= 11 is 1.69. The largest absolute Gasteiger partial charge is 0.348 e. The van der Waals surface area contributed by atoms with Crippen molar-refractivity contribution in [3.8, 4) is 10.6 Å². The molecule has 7 heteroatoms. The van der Waals surface area contributed by atoms with Gasteiger partial charge in [-0.25, -0.2) is 15.0 Å². The van der Waals surface area contributed by atoms with Crippen LogP contribution in [0.15, 0.2) is 67.3 Å². The van der Waals surface area contributed by atoms with Crippen molar-refractivity contribution in [2.45, 2.75) is 13.5 Å². The highest BCUT2D eigenvalue weighted by Gasteiger charge is 2.09. The average Bonchev–Trinajstić information content (AvgIpc) is 3.38. The summed E-state index contributed by atoms with van der Waals surface area (Å²) in [6, 6.07) is 14.5. The fourth-order valence-corrected chi connectivity index (χ4v) is 4.10. The van der Waals surface area contributed by atoms with Gasteiger partial charge in [-0.15, -0.1) is 11.3 Å². The number of nitrogens with one attached hydrogen (secondary N) is 1. The number of hydrogen-bond acceptors (Lipinski definition) is 5. The van der Waals surface area contributed by atoms with Crippen LogP contribution in [0.25, 0.3) is 26.6 Å². The standard InChI is InChI=1S/C22H17N5OS/c1-14-2-7-19-18(10-14)26-21(29-19)16-5-3-15(4-6-16)11-24-20(28)17-12-25-22-23-8-9-27(22)13-17/h2-10,12-13H,11H2,1H3,(H,24,28). The minimum atomic E-state index is -0.168. The van der Waals surface area contributed by atoms with E-state index in [9.17, 15) is 4.79 Å². The zero-order chi connectivity index (χ0) is 19.8. The van der Waals surface area contributed by atoms with E-state index in [1.807, 2.05) is 24.3 Å². The highest BCUT2D eigenvalue weighted by Crippen LogP contribution is 2.30. The van der Waals surface area contributed by atoms with E-state index in [-0.39, 0.29) is 5.91 Å². The number of aryl methyl sites for hydroxylation is 1. The summed E-state index contributed by atoms with van der Waals surface area (Å²) in [7, 11) is 0. The third-order valence-corrected chi connectivity index (χ3v) is 5.79. The Labute approximate surface area is 170 Å². The van der Waals surface area contributed by atoms with Crippen LogP contribution in [0.5, 0.6) is 0 Å². The van der Waals surface area contributed by atoms with E-state index in [0.29, 0.717) is 17.9 Å². The maximum Gasteiger partial charge on any atom is 0.254 e. The predicted octanol–water partition coefficient (Wildman–Crippen LogP) is 4.24. The van der Waals surface area contributed by atoms with Gasteiger partial charge in [0.15, 0.2) is 0 Å². The molecule has 0 atom stereocenters. The molecule has 29 heavy (non-hydrogen) atoms. The lowest BCUT2D eigenvalue weighted by molar-refractivity contribution is 0.0950. The lowest BCUT2D eigenvalue weighted by atomic mass is 10.1. The van der Waals surface area contributed by atoms with Crippen LogP contribution in [0.4, 0.5) is 0 Å². The molecule has 6 nitrogen and oxygen atoms in total. The summed E-state index contributed by atoms with van der Waals surface area (Å²) in [6.45, 7) is 2.52. The lowest BCUT2D eigenvalue weighted by Crippen LogP contribution is -2.23. The van der Waals surface area contributed by atoms with Crippen LogP contribution < -0.4 is 5.32 Å². The quantitative estimate of drug-likeness (QED) is 0.491. The van der Waals surface area contributed by atoms with E-state index >= 15 is 0 Å². The van der Waals surface area contributed by atoms with Gasteiger partial charge in [0.1, 0.15) is 5.01 Å². The van der Waals surface area contributed by atoms with Crippen LogP contribution in [-0.4, -0.2) is 25.3 Å². The molecule has 0 spiro atoms. The fraction of sp³-hybridized carbons (Fsp3) is 0.0909. The maximum absolute atomic E-state index is 12.4. The van der Waals surface area contributed by atoms with Gasteiger partial charge < -0.3 is 5.32 Å². The highest BCUT2D eigenvalue weighted by atomic mass is 32.1. The van der Waals surface area contributed by atoms with Crippen LogP contribution in [0.3, 0.4) is 0 Å². The topological polar surface area (TPSA) is 72.2 Å². The van der Waals surface area contributed by atoms with E-state index < -0.39 is 0 Å². The van der Waals surface area contributed by atoms with Gasteiger partial charge >= 0.3 is 0 Å². The zero-order valence-electron chi connectivity index (χ0n) is 15.7. The second-order valence-corrected chi connectivity index (χ2v) is 7.88. The Morgan fingerprint density at radius 3 is 2.86 bits per heavy atom. The van der Waals surface area contributed by atoms with Gasteiger partial charge in [-0.1, -0.05) is 30.3 Å². The number of imidazole rings is 1. The smallest absolute Gasteiger partial charge is 0.254 e. The predicted molar refractivity (Wildman–Crippen MR) is 114 cm³/mol. The Morgan fingerprint density at radius 2 is 2.00 bits per heavy atom. The van der Waals surface area contributed by atoms with Crippen LogP contribution in [0.1, 0.15) is 21.5 Å². The minimum absolute atomic E-state index is 0.168. The van der Waals surface area contributed by atoms with E-state index in [4.69, 9.17) is 4.98 Å². The van der Waals surface area contributed by atoms with Gasteiger partial charge in [0.05, 0.1) is 15.8 Å². The summed E-state index contributed by atoms with van der Waals surface area (Å²) in [6.07, 6.45) is 6.68. The van der Waals surface area contributed by atoms with Gasteiger partial charge in [0, 0.05) is 36.9 Å². The van der Waals surface area contributed by atoms with Crippen molar-refractivity contribution < 1.29 is 4.79 Å². The lowest BCUT2D eigenvalue weighted by Gasteiger charge is -2.06. The van der Waals surface area contributed by atoms with Gasteiger partial charge in [-0.05, 0) is 30.2 Å². The van der Waals surface area contributed by atoms with E-state index in [1.54, 1.807) is 34.3 Å². The van der Waals surface area contributed by atoms with Gasteiger partial charge in [0.25, 0.3) is 5.91 Å². The summed E-state index contributed by atoms with van der Waals surface area (Å²) in [5, 5.41) is 3.93. The van der Waals surface area contributed by atoms with Crippen molar-refractivity contribution in [3.63, 3.8) is 0 Å². The summed E-state index contributed by atoms with van der Waals surface area (Å²) in [5.74, 6) is 0.404. The van der Waals surface area contributed by atoms with Gasteiger partial charge in [-0.2, -0.15) is 0 Å². The number of carbonyl (C=O) groups excluding carboxylic acids is 1. The Hall–Kier alpha value is -3.58. The molecule has 5 rings (SSSR count). The van der Waals surface area contributed by atoms with E-state index in [2.05, 4.69) is 40.4 Å². The molecular formula is C22H17N5OS. The van der Waals surface area contributed by atoms with Crippen LogP contribution in [0.2, 0.25) is 0 Å². The molecule has 0 saturated heterocycles. The number of carbonyl (C=O) groups is 1. The third kappa shape index (κ3) is 3.48. The zero-order valence-corrected chi connectivity index (χ0v) is 16.5. The Kier molecular flexibility index (Phi) is 4.29. The molecule has 0 saturated carbocycles. The number of hydrogen-bond donors (Lipinski definition) is 1. The summed E-state index contributed by atoms with van der Waals surface area (Å²) < 4.78 is 2.91. The molecule has 0 bridgehead atoms. The number of benzene rings is 2. The molecule has 3 aromatic heterocycles. The number of thiazole rings is 1. The van der Waals surface area contributed by atoms with Crippen molar-refractivity contribution in [3.05, 3.63) is 83.9 Å². The molecule has 0 aliphatic heterocycles. The van der Waals surface area contributed by atoms with Crippen LogP contribution >= 0.6 is 11.3 Å². The molecule has 1 N–H and O–H groups in total. The van der Waals surface area contributed by atoms with E-state index in [0.717, 1.165) is 21.7 Å². The van der Waals surface area contributed by atoms with Gasteiger partial charge in [-0.3, -0.25) is 9.20 Å². The molecule has 0 aliphatic carbocycles. The first-order chi connectivity index (χ1) is 14.2. The second-order valence-electron chi connectivity index (χ2n) is 6.85. The Bertz CT molecular complexity index is 1340. The molecule has 0 radical (unpaired) electrons. The number of fused-ring (bicyclic) bond motifs is 2. The van der Waals surface area contributed by atoms with Crippen LogP contribution in [0, 0.1) is 6.92 Å². The maximum atomic E-state index is 12.4. The molecule has 142 valence electrons. The SMILES string of the molecule is Cc1ccc2sc(-c3ccc(CNC(=O)c4cnc5nccn5c4)cc3)nc2c1. The number of rotatable bonds is 4. The molecular weight excluding hydrogens is 382 g/mol. The van der Waals surface area contributed by atoms with Gasteiger partial charge in [0.2, 0.25) is 5.78 Å². The third-order valence-electron chi connectivity index (χ3n) is 4.70. The number of aromatic nitrogens is 4. The van der Waals surface area contributed by atoms with Crippen molar-refractivity contribution >= 4 is 33.2 Å². The monoisotopic (exact) mass is 399 g/mol. The second kappa shape index (κ2) is 7.10. The van der Waals surface area contributed by atoms with E-state index in [1.165, 1.54) is 16.5 Å². The summed E-state index contributed by atoms with van der Waals surface area (Å²) in [4.78, 5) is 25.4. The Balaban J connectivity index is 1.29. The molecule has 5 aromatic rings. The number of amides is 1.